The fourth-order valence-corrected chi connectivity index (χ4v) is 3.83. The minimum Gasteiger partial charge on any atom is -0.387 e. The van der Waals surface area contributed by atoms with Gasteiger partial charge >= 0.3 is 0 Å². The van der Waals surface area contributed by atoms with Crippen LogP contribution in [-0.2, 0) is 0 Å². The Balaban J connectivity index is 0.00000288. The zero-order chi connectivity index (χ0) is 16.7. The maximum atomic E-state index is 10.3. The highest BCUT2D eigenvalue weighted by molar-refractivity contribution is 14.0. The largest absolute Gasteiger partial charge is 0.387 e. The molecule has 0 spiro atoms. The lowest BCUT2D eigenvalue weighted by molar-refractivity contribution is 0.180. The third-order valence-corrected chi connectivity index (χ3v) is 5.59. The summed E-state index contributed by atoms with van der Waals surface area (Å²) in [5, 5.41) is 18.3. The number of nitrogens with one attached hydrogen (secondary N) is 2. The quantitative estimate of drug-likeness (QED) is 0.338. The van der Waals surface area contributed by atoms with Gasteiger partial charge in [0, 0.05) is 29.9 Å². The lowest BCUT2D eigenvalue weighted by Crippen LogP contribution is -2.46. The Morgan fingerprint density at radius 3 is 2.71 bits per heavy atom. The van der Waals surface area contributed by atoms with Crippen molar-refractivity contribution in [1.29, 1.82) is 0 Å². The Bertz CT molecular complexity index is 515. The lowest BCUT2D eigenvalue weighted by Gasteiger charge is -2.30. The predicted molar refractivity (Wildman–Crippen MR) is 116 cm³/mol. The molecule has 0 saturated heterocycles. The summed E-state index contributed by atoms with van der Waals surface area (Å²) in [7, 11) is 1.76. The zero-order valence-corrected chi connectivity index (χ0v) is 18.1. The van der Waals surface area contributed by atoms with Crippen LogP contribution in [0.25, 0.3) is 0 Å². The van der Waals surface area contributed by atoms with E-state index < -0.39 is 6.10 Å². The van der Waals surface area contributed by atoms with Crippen LogP contribution in [-0.4, -0.2) is 42.2 Å². The van der Waals surface area contributed by atoms with Crippen LogP contribution in [0.3, 0.4) is 0 Å². The molecule has 0 radical (unpaired) electrons. The number of benzene rings is 1. The smallest absolute Gasteiger partial charge is 0.191 e. The number of aliphatic hydroxyl groups is 1. The van der Waals surface area contributed by atoms with E-state index in [-0.39, 0.29) is 24.0 Å². The number of hydrogen-bond donors (Lipinski definition) is 3. The Morgan fingerprint density at radius 1 is 1.38 bits per heavy atom. The van der Waals surface area contributed by atoms with Crippen LogP contribution in [0.1, 0.15) is 37.4 Å². The van der Waals surface area contributed by atoms with Gasteiger partial charge in [0.1, 0.15) is 0 Å². The average molecular weight is 484 g/mol. The summed E-state index contributed by atoms with van der Waals surface area (Å²) in [4.78, 5) is 4.27. The number of aliphatic imine (C=N–C) groups is 1. The molecule has 0 bridgehead atoms. The lowest BCUT2D eigenvalue weighted by atomic mass is 9.95. The standard InChI is InChI=1S/C17H26ClN3OS.HI/c1-19-17(21-14-4-3-5-15(10-14)23-2)20-11-16(22)12-6-8-13(18)9-7-12;/h6-9,14-16,22H,3-5,10-11H2,1-2H3,(H2,19,20,21);1H. The highest BCUT2D eigenvalue weighted by atomic mass is 127. The molecule has 1 saturated carbocycles. The zero-order valence-electron chi connectivity index (χ0n) is 14.2. The number of thioether (sulfide) groups is 1. The van der Waals surface area contributed by atoms with Gasteiger partial charge < -0.3 is 15.7 Å². The third-order valence-electron chi connectivity index (χ3n) is 4.24. The number of aliphatic hydroxyl groups excluding tert-OH is 1. The van der Waals surface area contributed by atoms with Crippen molar-refractivity contribution in [1.82, 2.24) is 10.6 Å². The van der Waals surface area contributed by atoms with Crippen LogP contribution < -0.4 is 10.6 Å². The van der Waals surface area contributed by atoms with Crippen LogP contribution in [0.2, 0.25) is 5.02 Å². The molecule has 0 amide bonds. The number of hydrogen-bond acceptors (Lipinski definition) is 3. The van der Waals surface area contributed by atoms with E-state index in [0.717, 1.165) is 16.8 Å². The number of halogens is 2. The molecule has 1 aliphatic rings. The molecule has 2 rings (SSSR count). The van der Waals surface area contributed by atoms with E-state index in [1.165, 1.54) is 25.7 Å². The van der Waals surface area contributed by atoms with E-state index >= 15 is 0 Å². The molecule has 1 aromatic rings. The second-order valence-electron chi connectivity index (χ2n) is 5.89. The van der Waals surface area contributed by atoms with E-state index in [1.807, 2.05) is 23.9 Å². The summed E-state index contributed by atoms with van der Waals surface area (Å²) in [5.41, 5.74) is 0.845. The molecule has 0 aliphatic heterocycles. The summed E-state index contributed by atoms with van der Waals surface area (Å²) >= 11 is 7.82. The van der Waals surface area contributed by atoms with Gasteiger partial charge in [0.25, 0.3) is 0 Å². The molecule has 1 aliphatic carbocycles. The van der Waals surface area contributed by atoms with Crippen molar-refractivity contribution < 1.29 is 5.11 Å². The van der Waals surface area contributed by atoms with E-state index in [4.69, 9.17) is 11.6 Å². The first-order valence-electron chi connectivity index (χ1n) is 8.06. The molecule has 0 aromatic heterocycles. The van der Waals surface area contributed by atoms with Crippen molar-refractivity contribution in [3.05, 3.63) is 34.9 Å². The molecule has 136 valence electrons. The highest BCUT2D eigenvalue weighted by Crippen LogP contribution is 2.26. The third kappa shape index (κ3) is 6.98. The first kappa shape index (κ1) is 21.9. The van der Waals surface area contributed by atoms with Crippen molar-refractivity contribution in [3.8, 4) is 0 Å². The number of nitrogens with zero attached hydrogens (tertiary/aromatic N) is 1. The van der Waals surface area contributed by atoms with Crippen LogP contribution in [0, 0.1) is 0 Å². The SMILES string of the molecule is CN=C(NCC(O)c1ccc(Cl)cc1)NC1CCCC(SC)C1.I. The fraction of sp³-hybridized carbons (Fsp3) is 0.588. The second kappa shape index (κ2) is 11.4. The number of rotatable bonds is 5. The summed E-state index contributed by atoms with van der Waals surface area (Å²) in [5.74, 6) is 0.754. The van der Waals surface area contributed by atoms with Crippen molar-refractivity contribution >= 4 is 53.3 Å². The van der Waals surface area contributed by atoms with Gasteiger partial charge in [0.05, 0.1) is 6.10 Å². The van der Waals surface area contributed by atoms with E-state index in [9.17, 15) is 5.11 Å². The molecular weight excluding hydrogens is 457 g/mol. The molecular formula is C17H27ClIN3OS. The average Bonchev–Trinajstić information content (AvgIpc) is 2.59. The van der Waals surface area contributed by atoms with Gasteiger partial charge in [0.15, 0.2) is 5.96 Å². The second-order valence-corrected chi connectivity index (χ2v) is 7.46. The van der Waals surface area contributed by atoms with E-state index in [0.29, 0.717) is 17.6 Å². The minimum absolute atomic E-state index is 0. The van der Waals surface area contributed by atoms with Gasteiger partial charge in [-0.05, 0) is 43.2 Å². The fourth-order valence-electron chi connectivity index (χ4n) is 2.87. The van der Waals surface area contributed by atoms with Gasteiger partial charge in [-0.1, -0.05) is 30.2 Å². The molecule has 3 unspecified atom stereocenters. The summed E-state index contributed by atoms with van der Waals surface area (Å²) in [6.07, 6.45) is 6.51. The van der Waals surface area contributed by atoms with Crippen LogP contribution in [0.5, 0.6) is 0 Å². The van der Waals surface area contributed by atoms with Crippen molar-refractivity contribution in [2.75, 3.05) is 19.8 Å². The van der Waals surface area contributed by atoms with Crippen LogP contribution >= 0.6 is 47.3 Å². The maximum absolute atomic E-state index is 10.3. The number of guanidine groups is 1. The topological polar surface area (TPSA) is 56.7 Å². The van der Waals surface area contributed by atoms with Gasteiger partial charge in [-0.25, -0.2) is 0 Å². The van der Waals surface area contributed by atoms with E-state index in [1.54, 1.807) is 19.2 Å². The van der Waals surface area contributed by atoms with Crippen LogP contribution in [0.4, 0.5) is 0 Å². The molecule has 3 N–H and O–H groups in total. The molecule has 4 nitrogen and oxygen atoms in total. The monoisotopic (exact) mass is 483 g/mol. The van der Waals surface area contributed by atoms with Crippen molar-refractivity contribution in [2.45, 2.75) is 43.1 Å². The highest BCUT2D eigenvalue weighted by Gasteiger charge is 2.22. The predicted octanol–water partition coefficient (Wildman–Crippen LogP) is 3.83. The molecule has 3 atom stereocenters. The summed E-state index contributed by atoms with van der Waals surface area (Å²) in [6, 6.07) is 7.72. The maximum Gasteiger partial charge on any atom is 0.191 e. The van der Waals surface area contributed by atoms with Gasteiger partial charge in [0.2, 0.25) is 0 Å². The molecule has 24 heavy (non-hydrogen) atoms. The molecule has 1 fully saturated rings. The Morgan fingerprint density at radius 2 is 2.08 bits per heavy atom. The van der Waals surface area contributed by atoms with E-state index in [2.05, 4.69) is 21.9 Å². The van der Waals surface area contributed by atoms with Gasteiger partial charge in [-0.3, -0.25) is 4.99 Å². The Labute approximate surface area is 171 Å². The molecule has 0 heterocycles. The summed E-state index contributed by atoms with van der Waals surface area (Å²) < 4.78 is 0. The Kier molecular flexibility index (Phi) is 10.4. The van der Waals surface area contributed by atoms with Crippen molar-refractivity contribution in [2.24, 2.45) is 4.99 Å². The molecule has 1 aromatic carbocycles. The van der Waals surface area contributed by atoms with Crippen LogP contribution in [0.15, 0.2) is 29.3 Å². The first-order valence-corrected chi connectivity index (χ1v) is 9.72. The Hall–Kier alpha value is -0.180. The van der Waals surface area contributed by atoms with Crippen molar-refractivity contribution in [3.63, 3.8) is 0 Å². The van der Waals surface area contributed by atoms with Gasteiger partial charge in [-0.15, -0.1) is 24.0 Å². The first-order chi connectivity index (χ1) is 11.1. The summed E-state index contributed by atoms with van der Waals surface area (Å²) in [6.45, 7) is 0.417. The minimum atomic E-state index is -0.587. The van der Waals surface area contributed by atoms with Gasteiger partial charge in [-0.2, -0.15) is 11.8 Å². The normalized spacial score (nSPS) is 22.4. The molecule has 7 heteroatoms.